The molecule has 0 saturated heterocycles. The lowest BCUT2D eigenvalue weighted by Crippen LogP contribution is -2.29. The van der Waals surface area contributed by atoms with Gasteiger partial charge in [0.1, 0.15) is 24.2 Å². The minimum Gasteiger partial charge on any atom is -0.303 e. The van der Waals surface area contributed by atoms with E-state index in [1.54, 1.807) is 0 Å². The number of fused-ring (bicyclic) bond motifs is 5. The normalized spacial score (nSPS) is 13.1. The summed E-state index contributed by atoms with van der Waals surface area (Å²) >= 11 is 0. The molecule has 0 amide bonds. The van der Waals surface area contributed by atoms with Crippen LogP contribution in [0.4, 0.5) is 0 Å². The van der Waals surface area contributed by atoms with Crippen molar-refractivity contribution in [1.29, 1.82) is 0 Å². The summed E-state index contributed by atoms with van der Waals surface area (Å²) in [4.78, 5) is 14.9. The molecule has 0 bridgehead atoms. The van der Waals surface area contributed by atoms with Crippen LogP contribution in [0, 0.1) is 13.8 Å². The fourth-order valence-corrected chi connectivity index (χ4v) is 6.30. The van der Waals surface area contributed by atoms with Crippen molar-refractivity contribution in [1.82, 2.24) is 19.4 Å². The zero-order valence-electron chi connectivity index (χ0n) is 24.9. The number of rotatable bonds is 1. The smallest absolute Gasteiger partial charge is 0.238 e. The first-order chi connectivity index (χ1) is 18.8. The molecule has 4 heterocycles. The Morgan fingerprint density at radius 1 is 0.675 bits per heavy atom. The monoisotopic (exact) mass is 526 g/mol. The van der Waals surface area contributed by atoms with E-state index in [1.165, 1.54) is 60.1 Å². The van der Waals surface area contributed by atoms with Crippen molar-refractivity contribution in [3.63, 3.8) is 0 Å². The third-order valence-electron chi connectivity index (χ3n) is 8.31. The van der Waals surface area contributed by atoms with E-state index in [9.17, 15) is 0 Å². The Morgan fingerprint density at radius 2 is 1.38 bits per heavy atom. The van der Waals surface area contributed by atoms with Crippen molar-refractivity contribution in [3.8, 4) is 11.4 Å². The molecular formula is C35H36N5+. The van der Waals surface area contributed by atoms with E-state index in [1.807, 2.05) is 0 Å². The SMILES string of the molecule is Cc1cc(C)c2c3c1cccc3n1c3ccc(-c4nc(C(C)(C)C)nc(C(C)(C)C)n4)cc3c3cc[n+](C)c2c31. The molecule has 200 valence electrons. The van der Waals surface area contributed by atoms with Crippen LogP contribution in [0.1, 0.15) is 64.3 Å². The molecule has 0 atom stereocenters. The second kappa shape index (κ2) is 7.97. The van der Waals surface area contributed by atoms with Crippen molar-refractivity contribution >= 4 is 49.0 Å². The third-order valence-corrected chi connectivity index (χ3v) is 8.31. The van der Waals surface area contributed by atoms with Crippen LogP contribution in [0.3, 0.4) is 0 Å². The predicted octanol–water partition coefficient (Wildman–Crippen LogP) is 7.88. The highest BCUT2D eigenvalue weighted by Crippen LogP contribution is 2.41. The summed E-state index contributed by atoms with van der Waals surface area (Å²) in [6, 6.07) is 18.0. The Balaban J connectivity index is 1.63. The molecule has 3 aromatic carbocycles. The Bertz CT molecular complexity index is 2120. The Morgan fingerprint density at radius 3 is 2.05 bits per heavy atom. The van der Waals surface area contributed by atoms with E-state index < -0.39 is 0 Å². The fourth-order valence-electron chi connectivity index (χ4n) is 6.30. The summed E-state index contributed by atoms with van der Waals surface area (Å²) in [5.74, 6) is 2.39. The molecule has 0 unspecified atom stereocenters. The first-order valence-corrected chi connectivity index (χ1v) is 14.1. The molecule has 0 fully saturated rings. The lowest BCUT2D eigenvalue weighted by Gasteiger charge is -2.22. The van der Waals surface area contributed by atoms with Gasteiger partial charge in [-0.1, -0.05) is 59.7 Å². The Labute approximate surface area is 234 Å². The zero-order valence-corrected chi connectivity index (χ0v) is 24.9. The van der Waals surface area contributed by atoms with Gasteiger partial charge < -0.3 is 4.40 Å². The molecule has 0 aliphatic rings. The second-order valence-electron chi connectivity index (χ2n) is 13.5. The zero-order chi connectivity index (χ0) is 28.3. The minimum absolute atomic E-state index is 0.180. The molecule has 7 aromatic rings. The van der Waals surface area contributed by atoms with E-state index in [-0.39, 0.29) is 10.8 Å². The summed E-state index contributed by atoms with van der Waals surface area (Å²) in [7, 11) is 2.16. The molecule has 0 aliphatic carbocycles. The highest BCUT2D eigenvalue weighted by molar-refractivity contribution is 6.26. The first kappa shape index (κ1) is 24.9. The number of hydrogen-bond acceptors (Lipinski definition) is 3. The van der Waals surface area contributed by atoms with Gasteiger partial charge in [-0.2, -0.15) is 4.57 Å². The van der Waals surface area contributed by atoms with Gasteiger partial charge in [0.05, 0.1) is 16.4 Å². The second-order valence-corrected chi connectivity index (χ2v) is 13.5. The number of aromatic nitrogens is 5. The van der Waals surface area contributed by atoms with Crippen molar-refractivity contribution < 1.29 is 4.57 Å². The number of pyridine rings is 2. The van der Waals surface area contributed by atoms with Gasteiger partial charge in [0.2, 0.25) is 5.52 Å². The predicted molar refractivity (Wildman–Crippen MR) is 165 cm³/mol. The summed E-state index contributed by atoms with van der Waals surface area (Å²) < 4.78 is 4.75. The number of hydrogen-bond donors (Lipinski definition) is 0. The molecule has 5 nitrogen and oxygen atoms in total. The fraction of sp³-hybridized carbons (Fsp3) is 0.314. The molecule has 5 heteroatoms. The third kappa shape index (κ3) is 3.39. The topological polar surface area (TPSA) is 47.0 Å². The van der Waals surface area contributed by atoms with Crippen LogP contribution < -0.4 is 4.57 Å². The van der Waals surface area contributed by atoms with Gasteiger partial charge in [0.25, 0.3) is 0 Å². The number of benzene rings is 3. The van der Waals surface area contributed by atoms with E-state index in [4.69, 9.17) is 15.0 Å². The average Bonchev–Trinajstić information content (AvgIpc) is 3.22. The molecule has 0 radical (unpaired) electrons. The molecule has 0 N–H and O–H groups in total. The van der Waals surface area contributed by atoms with Crippen LogP contribution in [0.15, 0.2) is 54.7 Å². The lowest BCUT2D eigenvalue weighted by atomic mass is 9.93. The van der Waals surface area contributed by atoms with Crippen LogP contribution in [0.2, 0.25) is 0 Å². The van der Waals surface area contributed by atoms with E-state index in [0.717, 1.165) is 23.0 Å². The van der Waals surface area contributed by atoms with E-state index >= 15 is 0 Å². The number of aryl methyl sites for hydroxylation is 3. The molecular weight excluding hydrogens is 490 g/mol. The quantitative estimate of drug-likeness (QED) is 0.124. The molecule has 0 saturated carbocycles. The van der Waals surface area contributed by atoms with Crippen LogP contribution in [0.25, 0.3) is 60.4 Å². The Hall–Kier alpha value is -4.12. The maximum Gasteiger partial charge on any atom is 0.238 e. The largest absolute Gasteiger partial charge is 0.303 e. The maximum absolute atomic E-state index is 5.00. The van der Waals surface area contributed by atoms with Gasteiger partial charge in [-0.3, -0.25) is 0 Å². The molecule has 4 aromatic heterocycles. The van der Waals surface area contributed by atoms with Crippen LogP contribution in [-0.4, -0.2) is 19.4 Å². The average molecular weight is 527 g/mol. The van der Waals surface area contributed by atoms with Crippen molar-refractivity contribution in [2.24, 2.45) is 7.05 Å². The summed E-state index contributed by atoms with van der Waals surface area (Å²) in [6.07, 6.45) is 2.20. The van der Waals surface area contributed by atoms with Crippen molar-refractivity contribution in [3.05, 3.63) is 77.5 Å². The van der Waals surface area contributed by atoms with Crippen molar-refractivity contribution in [2.75, 3.05) is 0 Å². The lowest BCUT2D eigenvalue weighted by molar-refractivity contribution is -0.644. The van der Waals surface area contributed by atoms with E-state index in [0.29, 0.717) is 0 Å². The maximum atomic E-state index is 5.00. The number of nitrogens with zero attached hydrogens (tertiary/aromatic N) is 5. The Kier molecular flexibility index (Phi) is 4.96. The summed E-state index contributed by atoms with van der Waals surface area (Å²) in [5.41, 5.74) is 8.25. The van der Waals surface area contributed by atoms with Gasteiger partial charge in [-0.25, -0.2) is 15.0 Å². The van der Waals surface area contributed by atoms with Gasteiger partial charge in [-0.15, -0.1) is 0 Å². The standard InChI is InChI=1S/C35H36N5/c1-19-17-20(2)27-28-22(19)11-10-12-26(28)40-25-14-13-21(18-24(25)23-15-16-39(9)30(27)29(23)40)31-36-32(34(3,4)5)38-33(37-31)35(6,7)8/h10-18H,1-9H3/q+1. The van der Waals surface area contributed by atoms with Crippen LogP contribution >= 0.6 is 0 Å². The van der Waals surface area contributed by atoms with Gasteiger partial charge >= 0.3 is 0 Å². The van der Waals surface area contributed by atoms with Gasteiger partial charge in [0.15, 0.2) is 12.0 Å². The summed E-state index contributed by atoms with van der Waals surface area (Å²) in [5, 5.41) is 6.44. The molecule has 40 heavy (non-hydrogen) atoms. The summed E-state index contributed by atoms with van der Waals surface area (Å²) in [6.45, 7) is 17.4. The molecule has 0 aliphatic heterocycles. The highest BCUT2D eigenvalue weighted by Gasteiger charge is 2.27. The van der Waals surface area contributed by atoms with Gasteiger partial charge in [0, 0.05) is 38.6 Å². The van der Waals surface area contributed by atoms with E-state index in [2.05, 4.69) is 126 Å². The minimum atomic E-state index is -0.180. The molecule has 0 spiro atoms. The molecule has 7 rings (SSSR count). The van der Waals surface area contributed by atoms with Crippen LogP contribution in [0.5, 0.6) is 0 Å². The first-order valence-electron chi connectivity index (χ1n) is 14.1. The van der Waals surface area contributed by atoms with Gasteiger partial charge in [-0.05, 0) is 54.6 Å². The van der Waals surface area contributed by atoms with Crippen LogP contribution in [-0.2, 0) is 17.9 Å². The van der Waals surface area contributed by atoms with Crippen molar-refractivity contribution in [2.45, 2.75) is 66.2 Å². The highest BCUT2D eigenvalue weighted by atomic mass is 15.1.